The number of rotatable bonds is 5. The van der Waals surface area contributed by atoms with Crippen LogP contribution < -0.4 is 5.32 Å². The van der Waals surface area contributed by atoms with E-state index in [1.54, 1.807) is 4.31 Å². The number of hydrogen-bond acceptors (Lipinski definition) is 3. The van der Waals surface area contributed by atoms with Gasteiger partial charge in [0, 0.05) is 25.2 Å². The zero-order valence-electron chi connectivity index (χ0n) is 11.8. The lowest BCUT2D eigenvalue weighted by Gasteiger charge is -2.38. The van der Waals surface area contributed by atoms with E-state index < -0.39 is 10.0 Å². The molecule has 1 fully saturated rings. The molecule has 1 N–H and O–H groups in total. The fraction of sp³-hybridized carbons (Fsp3) is 1.00. The van der Waals surface area contributed by atoms with Crippen molar-refractivity contribution in [2.45, 2.75) is 52.6 Å². The van der Waals surface area contributed by atoms with Crippen LogP contribution in [0, 0.1) is 5.92 Å². The second-order valence-electron chi connectivity index (χ2n) is 5.27. The Bertz CT molecular complexity index is 335. The maximum Gasteiger partial charge on any atom is 0.214 e. The molecule has 0 aromatic heterocycles. The highest BCUT2D eigenvalue weighted by Crippen LogP contribution is 2.18. The largest absolute Gasteiger partial charge is 0.311 e. The Balaban J connectivity index is 0.00000289. The van der Waals surface area contributed by atoms with Crippen LogP contribution in [-0.2, 0) is 10.0 Å². The fourth-order valence-corrected chi connectivity index (χ4v) is 4.59. The van der Waals surface area contributed by atoms with Crippen LogP contribution >= 0.6 is 12.4 Å². The van der Waals surface area contributed by atoms with Crippen molar-refractivity contribution in [3.8, 4) is 0 Å². The highest BCUT2D eigenvalue weighted by molar-refractivity contribution is 7.89. The molecule has 0 saturated carbocycles. The first kappa shape index (κ1) is 18.2. The number of piperazine rings is 1. The van der Waals surface area contributed by atoms with E-state index >= 15 is 0 Å². The van der Waals surface area contributed by atoms with Gasteiger partial charge in [-0.1, -0.05) is 20.3 Å². The van der Waals surface area contributed by atoms with Crippen molar-refractivity contribution in [1.29, 1.82) is 0 Å². The first-order valence-corrected chi connectivity index (χ1v) is 8.22. The van der Waals surface area contributed by atoms with E-state index in [1.807, 2.05) is 20.8 Å². The second-order valence-corrected chi connectivity index (χ2v) is 7.23. The minimum absolute atomic E-state index is 0. The van der Waals surface area contributed by atoms with Gasteiger partial charge in [0.1, 0.15) is 0 Å². The first-order chi connectivity index (χ1) is 7.88. The number of nitrogens with zero attached hydrogens (tertiary/aromatic N) is 1. The summed E-state index contributed by atoms with van der Waals surface area (Å²) in [6.45, 7) is 9.51. The summed E-state index contributed by atoms with van der Waals surface area (Å²) >= 11 is 0. The second kappa shape index (κ2) is 7.68. The fourth-order valence-electron chi connectivity index (χ4n) is 2.45. The van der Waals surface area contributed by atoms with Crippen molar-refractivity contribution in [3.63, 3.8) is 0 Å². The molecule has 0 aliphatic carbocycles. The van der Waals surface area contributed by atoms with Crippen LogP contribution in [0.25, 0.3) is 0 Å². The van der Waals surface area contributed by atoms with Crippen LogP contribution in [-0.4, -0.2) is 43.6 Å². The molecule has 0 aromatic rings. The van der Waals surface area contributed by atoms with Crippen LogP contribution in [0.3, 0.4) is 0 Å². The molecule has 1 saturated heterocycles. The summed E-state index contributed by atoms with van der Waals surface area (Å²) in [5.74, 6) is 0.542. The Hall–Kier alpha value is 0.160. The molecular weight excluding hydrogens is 272 g/mol. The number of hydrogen-bond donors (Lipinski definition) is 1. The van der Waals surface area contributed by atoms with Gasteiger partial charge in [0.25, 0.3) is 0 Å². The summed E-state index contributed by atoms with van der Waals surface area (Å²) in [6, 6.07) is 0.294. The highest BCUT2D eigenvalue weighted by atomic mass is 35.5. The number of nitrogens with one attached hydrogen (secondary N) is 1. The molecule has 1 heterocycles. The zero-order valence-corrected chi connectivity index (χ0v) is 13.5. The molecule has 110 valence electrons. The van der Waals surface area contributed by atoms with Crippen molar-refractivity contribution in [1.82, 2.24) is 9.62 Å². The summed E-state index contributed by atoms with van der Waals surface area (Å²) in [5, 5.41) is 3.31. The molecule has 3 atom stereocenters. The molecule has 1 aliphatic rings. The van der Waals surface area contributed by atoms with Crippen LogP contribution in [0.1, 0.15) is 40.5 Å². The topological polar surface area (TPSA) is 49.4 Å². The summed E-state index contributed by atoms with van der Waals surface area (Å²) in [4.78, 5) is 0. The summed E-state index contributed by atoms with van der Waals surface area (Å²) in [6.07, 6.45) is 2.03. The SMILES string of the molecule is CCCC(C)CS(=O)(=O)N1CCNC(C)C1C.Cl. The van der Waals surface area contributed by atoms with Crippen molar-refractivity contribution in [3.05, 3.63) is 0 Å². The van der Waals surface area contributed by atoms with E-state index in [0.29, 0.717) is 6.54 Å². The Morgan fingerprint density at radius 3 is 2.56 bits per heavy atom. The summed E-state index contributed by atoms with van der Waals surface area (Å²) in [5.41, 5.74) is 0. The van der Waals surface area contributed by atoms with Crippen LogP contribution in [0.4, 0.5) is 0 Å². The molecule has 0 amide bonds. The predicted octanol–water partition coefficient (Wildman–Crippen LogP) is 1.86. The maximum absolute atomic E-state index is 12.3. The van der Waals surface area contributed by atoms with Crippen molar-refractivity contribution >= 4 is 22.4 Å². The van der Waals surface area contributed by atoms with Gasteiger partial charge >= 0.3 is 0 Å². The van der Waals surface area contributed by atoms with E-state index in [0.717, 1.165) is 19.4 Å². The maximum atomic E-state index is 12.3. The Morgan fingerprint density at radius 1 is 1.39 bits per heavy atom. The molecule has 0 aromatic carbocycles. The van der Waals surface area contributed by atoms with Gasteiger partial charge in [0.2, 0.25) is 10.0 Å². The third kappa shape index (κ3) is 4.68. The molecule has 0 spiro atoms. The number of halogens is 1. The van der Waals surface area contributed by atoms with E-state index in [9.17, 15) is 8.42 Å². The van der Waals surface area contributed by atoms with Crippen molar-refractivity contribution in [2.75, 3.05) is 18.8 Å². The van der Waals surface area contributed by atoms with Crippen LogP contribution in [0.15, 0.2) is 0 Å². The Kier molecular flexibility index (Phi) is 7.75. The van der Waals surface area contributed by atoms with Gasteiger partial charge in [-0.2, -0.15) is 4.31 Å². The average molecular weight is 299 g/mol. The monoisotopic (exact) mass is 298 g/mol. The van der Waals surface area contributed by atoms with Crippen LogP contribution in [0.5, 0.6) is 0 Å². The molecule has 0 radical (unpaired) electrons. The minimum atomic E-state index is -3.09. The van der Waals surface area contributed by atoms with E-state index in [4.69, 9.17) is 0 Å². The molecule has 1 aliphatic heterocycles. The highest BCUT2D eigenvalue weighted by Gasteiger charge is 2.33. The van der Waals surface area contributed by atoms with Gasteiger partial charge in [-0.3, -0.25) is 0 Å². The molecule has 1 rings (SSSR count). The van der Waals surface area contributed by atoms with Gasteiger partial charge in [-0.05, 0) is 26.2 Å². The minimum Gasteiger partial charge on any atom is -0.311 e. The van der Waals surface area contributed by atoms with Crippen molar-refractivity contribution in [2.24, 2.45) is 5.92 Å². The van der Waals surface area contributed by atoms with E-state index in [2.05, 4.69) is 12.2 Å². The smallest absolute Gasteiger partial charge is 0.214 e. The lowest BCUT2D eigenvalue weighted by Crippen LogP contribution is -2.57. The molecule has 18 heavy (non-hydrogen) atoms. The average Bonchev–Trinajstić information content (AvgIpc) is 2.21. The first-order valence-electron chi connectivity index (χ1n) is 6.61. The molecule has 0 bridgehead atoms. The Morgan fingerprint density at radius 2 is 2.00 bits per heavy atom. The summed E-state index contributed by atoms with van der Waals surface area (Å²) in [7, 11) is -3.09. The molecular formula is C12H27ClN2O2S. The lowest BCUT2D eigenvalue weighted by molar-refractivity contribution is 0.231. The lowest BCUT2D eigenvalue weighted by atomic mass is 10.1. The van der Waals surface area contributed by atoms with Crippen LogP contribution in [0.2, 0.25) is 0 Å². The Labute approximate surface area is 118 Å². The van der Waals surface area contributed by atoms with Crippen molar-refractivity contribution < 1.29 is 8.42 Å². The van der Waals surface area contributed by atoms with E-state index in [-0.39, 0.29) is 36.2 Å². The zero-order chi connectivity index (χ0) is 13.1. The van der Waals surface area contributed by atoms with E-state index in [1.165, 1.54) is 0 Å². The molecule has 3 unspecified atom stereocenters. The third-order valence-electron chi connectivity index (χ3n) is 3.61. The quantitative estimate of drug-likeness (QED) is 0.843. The van der Waals surface area contributed by atoms with Gasteiger partial charge in [-0.25, -0.2) is 8.42 Å². The standard InChI is InChI=1S/C12H26N2O2S.ClH/c1-5-6-10(2)9-17(15,16)14-8-7-13-11(3)12(14)4;/h10-13H,5-9H2,1-4H3;1H. The van der Waals surface area contributed by atoms with Gasteiger partial charge in [-0.15, -0.1) is 12.4 Å². The normalized spacial score (nSPS) is 27.6. The summed E-state index contributed by atoms with van der Waals surface area (Å²) < 4.78 is 26.3. The third-order valence-corrected chi connectivity index (χ3v) is 5.83. The van der Waals surface area contributed by atoms with Gasteiger partial charge < -0.3 is 5.32 Å². The molecule has 6 heteroatoms. The predicted molar refractivity (Wildman–Crippen MR) is 78.7 cm³/mol. The van der Waals surface area contributed by atoms with Gasteiger partial charge in [0.05, 0.1) is 5.75 Å². The van der Waals surface area contributed by atoms with Gasteiger partial charge in [0.15, 0.2) is 0 Å². The molecule has 4 nitrogen and oxygen atoms in total. The number of sulfonamides is 1.